The summed E-state index contributed by atoms with van der Waals surface area (Å²) in [4.78, 5) is 4.72. The van der Waals surface area contributed by atoms with Crippen LogP contribution >= 0.6 is 0 Å². The van der Waals surface area contributed by atoms with E-state index in [1.54, 1.807) is 0 Å². The van der Waals surface area contributed by atoms with Gasteiger partial charge in [-0.2, -0.15) is 0 Å². The molecule has 3 heteroatoms. The van der Waals surface area contributed by atoms with E-state index in [-0.39, 0.29) is 0 Å². The lowest BCUT2D eigenvalue weighted by Crippen LogP contribution is -2.45. The van der Waals surface area contributed by atoms with E-state index < -0.39 is 0 Å². The summed E-state index contributed by atoms with van der Waals surface area (Å²) in [6.45, 7) is 4.72. The van der Waals surface area contributed by atoms with Gasteiger partial charge < -0.3 is 15.1 Å². The minimum absolute atomic E-state index is 0.758. The molecule has 1 atom stereocenters. The second kappa shape index (κ2) is 5.58. The van der Waals surface area contributed by atoms with Crippen LogP contribution in [0.25, 0.3) is 0 Å². The van der Waals surface area contributed by atoms with Crippen molar-refractivity contribution in [3.63, 3.8) is 0 Å². The highest BCUT2D eigenvalue weighted by Crippen LogP contribution is 2.07. The van der Waals surface area contributed by atoms with Crippen molar-refractivity contribution in [3.8, 4) is 0 Å². The van der Waals surface area contributed by atoms with E-state index in [4.69, 9.17) is 0 Å². The Hall–Kier alpha value is -0.120. The average molecular weight is 185 g/mol. The minimum Gasteiger partial charge on any atom is -0.315 e. The lowest BCUT2D eigenvalue weighted by molar-refractivity contribution is 0.186. The van der Waals surface area contributed by atoms with E-state index in [9.17, 15) is 0 Å². The molecular formula is C10H23N3. The Morgan fingerprint density at radius 1 is 1.23 bits per heavy atom. The van der Waals surface area contributed by atoms with E-state index >= 15 is 0 Å². The number of hydrogen-bond donors (Lipinski definition) is 1. The Morgan fingerprint density at radius 2 is 2.00 bits per heavy atom. The van der Waals surface area contributed by atoms with Gasteiger partial charge in [0, 0.05) is 25.7 Å². The smallest absolute Gasteiger partial charge is 0.0218 e. The SMILES string of the molecule is CN(C)CCN(C)[C@H]1CCCNC1. The van der Waals surface area contributed by atoms with Crippen LogP contribution in [0.3, 0.4) is 0 Å². The molecule has 0 bridgehead atoms. The van der Waals surface area contributed by atoms with Gasteiger partial charge in [0.05, 0.1) is 0 Å². The molecule has 0 spiro atoms. The Kier molecular flexibility index (Phi) is 4.70. The number of likely N-dealkylation sites (N-methyl/N-ethyl adjacent to an activating group) is 2. The highest BCUT2D eigenvalue weighted by molar-refractivity contribution is 4.76. The first-order valence-electron chi connectivity index (χ1n) is 5.26. The predicted molar refractivity (Wildman–Crippen MR) is 57.1 cm³/mol. The molecule has 0 aromatic carbocycles. The van der Waals surface area contributed by atoms with Gasteiger partial charge in [-0.1, -0.05) is 0 Å². The van der Waals surface area contributed by atoms with Gasteiger partial charge in [0.25, 0.3) is 0 Å². The molecule has 0 saturated carbocycles. The Morgan fingerprint density at radius 3 is 2.54 bits per heavy atom. The van der Waals surface area contributed by atoms with Crippen LogP contribution < -0.4 is 5.32 Å². The molecule has 0 radical (unpaired) electrons. The third-order valence-corrected chi connectivity index (χ3v) is 2.79. The molecule has 1 N–H and O–H groups in total. The summed E-state index contributed by atoms with van der Waals surface area (Å²) >= 11 is 0. The number of nitrogens with one attached hydrogen (secondary N) is 1. The maximum absolute atomic E-state index is 3.45. The summed E-state index contributed by atoms with van der Waals surface area (Å²) in [6.07, 6.45) is 2.69. The molecule has 3 nitrogen and oxygen atoms in total. The van der Waals surface area contributed by atoms with Gasteiger partial charge in [-0.15, -0.1) is 0 Å². The Balaban J connectivity index is 2.17. The second-order valence-corrected chi connectivity index (χ2v) is 4.28. The Bertz CT molecular complexity index is 130. The molecule has 0 aromatic rings. The minimum atomic E-state index is 0.758. The first-order chi connectivity index (χ1) is 6.20. The predicted octanol–water partition coefficient (Wildman–Crippen LogP) is 0.232. The molecular weight excluding hydrogens is 162 g/mol. The molecule has 0 amide bonds. The van der Waals surface area contributed by atoms with Crippen LogP contribution in [0, 0.1) is 0 Å². The van der Waals surface area contributed by atoms with Crippen LogP contribution in [0.1, 0.15) is 12.8 Å². The van der Waals surface area contributed by atoms with E-state index in [1.165, 1.54) is 32.5 Å². The first-order valence-corrected chi connectivity index (χ1v) is 5.26. The number of hydrogen-bond acceptors (Lipinski definition) is 3. The molecule has 1 aliphatic heterocycles. The molecule has 13 heavy (non-hydrogen) atoms. The Labute approximate surface area is 82.1 Å². The van der Waals surface area contributed by atoms with Crippen molar-refractivity contribution in [1.82, 2.24) is 15.1 Å². The van der Waals surface area contributed by atoms with E-state index in [1.807, 2.05) is 0 Å². The largest absolute Gasteiger partial charge is 0.315 e. The highest BCUT2D eigenvalue weighted by Gasteiger charge is 2.16. The van der Waals surface area contributed by atoms with Crippen LogP contribution in [-0.4, -0.2) is 63.2 Å². The van der Waals surface area contributed by atoms with Gasteiger partial charge >= 0.3 is 0 Å². The van der Waals surface area contributed by atoms with Crippen LogP contribution in [0.2, 0.25) is 0 Å². The van der Waals surface area contributed by atoms with Crippen molar-refractivity contribution >= 4 is 0 Å². The molecule has 1 saturated heterocycles. The molecule has 1 aliphatic rings. The van der Waals surface area contributed by atoms with E-state index in [0.717, 1.165) is 12.6 Å². The molecule has 1 rings (SSSR count). The van der Waals surface area contributed by atoms with Crippen molar-refractivity contribution < 1.29 is 0 Å². The quantitative estimate of drug-likeness (QED) is 0.676. The van der Waals surface area contributed by atoms with Crippen LogP contribution in [0.5, 0.6) is 0 Å². The first kappa shape index (κ1) is 11.0. The van der Waals surface area contributed by atoms with E-state index in [2.05, 4.69) is 36.3 Å². The van der Waals surface area contributed by atoms with Crippen LogP contribution in [0.15, 0.2) is 0 Å². The summed E-state index contributed by atoms with van der Waals surface area (Å²) in [5.41, 5.74) is 0. The van der Waals surface area contributed by atoms with Gasteiger partial charge in [-0.25, -0.2) is 0 Å². The number of rotatable bonds is 4. The maximum Gasteiger partial charge on any atom is 0.0218 e. The van der Waals surface area contributed by atoms with Crippen molar-refractivity contribution in [1.29, 1.82) is 0 Å². The molecule has 1 fully saturated rings. The molecule has 78 valence electrons. The third-order valence-electron chi connectivity index (χ3n) is 2.79. The maximum atomic E-state index is 3.45. The average Bonchev–Trinajstić information content (AvgIpc) is 2.15. The highest BCUT2D eigenvalue weighted by atomic mass is 15.2. The summed E-state index contributed by atoms with van der Waals surface area (Å²) in [6, 6.07) is 0.758. The zero-order valence-corrected chi connectivity index (χ0v) is 9.21. The third kappa shape index (κ3) is 4.07. The topological polar surface area (TPSA) is 18.5 Å². The van der Waals surface area contributed by atoms with Gasteiger partial charge in [-0.3, -0.25) is 0 Å². The standard InChI is InChI=1S/C10H23N3/c1-12(2)7-8-13(3)10-5-4-6-11-9-10/h10-11H,4-9H2,1-3H3/t10-/m0/s1. The number of piperidine rings is 1. The van der Waals surface area contributed by atoms with Gasteiger partial charge in [0.1, 0.15) is 0 Å². The lowest BCUT2D eigenvalue weighted by Gasteiger charge is -2.32. The van der Waals surface area contributed by atoms with E-state index in [0.29, 0.717) is 0 Å². The van der Waals surface area contributed by atoms with Crippen LogP contribution in [0.4, 0.5) is 0 Å². The zero-order valence-electron chi connectivity index (χ0n) is 9.21. The van der Waals surface area contributed by atoms with Gasteiger partial charge in [0.15, 0.2) is 0 Å². The van der Waals surface area contributed by atoms with Crippen molar-refractivity contribution in [2.24, 2.45) is 0 Å². The van der Waals surface area contributed by atoms with Crippen molar-refractivity contribution in [2.75, 3.05) is 47.3 Å². The number of nitrogens with zero attached hydrogens (tertiary/aromatic N) is 2. The molecule has 0 aromatic heterocycles. The fourth-order valence-electron chi connectivity index (χ4n) is 1.75. The lowest BCUT2D eigenvalue weighted by atomic mass is 10.1. The van der Waals surface area contributed by atoms with Crippen LogP contribution in [-0.2, 0) is 0 Å². The molecule has 1 heterocycles. The monoisotopic (exact) mass is 185 g/mol. The second-order valence-electron chi connectivity index (χ2n) is 4.28. The van der Waals surface area contributed by atoms with Crippen molar-refractivity contribution in [2.45, 2.75) is 18.9 Å². The fourth-order valence-corrected chi connectivity index (χ4v) is 1.75. The normalized spacial score (nSPS) is 24.2. The molecule has 0 aliphatic carbocycles. The zero-order chi connectivity index (χ0) is 9.68. The van der Waals surface area contributed by atoms with Gasteiger partial charge in [-0.05, 0) is 40.5 Å². The van der Waals surface area contributed by atoms with Crippen molar-refractivity contribution in [3.05, 3.63) is 0 Å². The molecule has 0 unspecified atom stereocenters. The van der Waals surface area contributed by atoms with Gasteiger partial charge in [0.2, 0.25) is 0 Å². The summed E-state index contributed by atoms with van der Waals surface area (Å²) in [5, 5.41) is 3.45. The summed E-state index contributed by atoms with van der Waals surface area (Å²) in [7, 11) is 6.50. The fraction of sp³-hybridized carbons (Fsp3) is 1.00. The summed E-state index contributed by atoms with van der Waals surface area (Å²) in [5.74, 6) is 0. The summed E-state index contributed by atoms with van der Waals surface area (Å²) < 4.78 is 0.